The summed E-state index contributed by atoms with van der Waals surface area (Å²) < 4.78 is 22.7. The molecule has 1 fully saturated rings. The topological polar surface area (TPSA) is 74.7 Å². The molecule has 0 unspecified atom stereocenters. The van der Waals surface area contributed by atoms with E-state index in [0.29, 0.717) is 18.7 Å². The van der Waals surface area contributed by atoms with Crippen LogP contribution < -0.4 is 0 Å². The van der Waals surface area contributed by atoms with Gasteiger partial charge in [0.1, 0.15) is 5.60 Å². The molecule has 1 aromatic carbocycles. The molecule has 0 spiro atoms. The molecule has 1 heterocycles. The van der Waals surface area contributed by atoms with E-state index in [2.05, 4.69) is 0 Å². The van der Waals surface area contributed by atoms with E-state index >= 15 is 0 Å². The van der Waals surface area contributed by atoms with Crippen LogP contribution in [0.4, 0.5) is 0 Å². The minimum atomic E-state index is -3.25. The first-order chi connectivity index (χ1) is 9.13. The number of nitrogens with zero attached hydrogens (tertiary/aromatic N) is 1. The lowest BCUT2D eigenvalue weighted by Gasteiger charge is -2.49. The Hall–Kier alpha value is -1.40. The highest BCUT2D eigenvalue weighted by Gasteiger charge is 2.45. The first kappa shape index (κ1) is 15.0. The maximum Gasteiger partial charge on any atom is 0.254 e. The van der Waals surface area contributed by atoms with Crippen LogP contribution in [0.5, 0.6) is 0 Å². The summed E-state index contributed by atoms with van der Waals surface area (Å²) in [6, 6.07) is 5.87. The molecule has 1 aromatic rings. The fourth-order valence-electron chi connectivity index (χ4n) is 2.15. The van der Waals surface area contributed by atoms with E-state index in [1.807, 2.05) is 13.8 Å². The highest BCUT2D eigenvalue weighted by atomic mass is 32.2. The zero-order valence-electron chi connectivity index (χ0n) is 11.8. The van der Waals surface area contributed by atoms with Crippen molar-refractivity contribution in [3.63, 3.8) is 0 Å². The van der Waals surface area contributed by atoms with Crippen LogP contribution in [0.15, 0.2) is 29.2 Å². The molecular formula is C14H19NO4S. The Labute approximate surface area is 119 Å². The number of rotatable bonds is 3. The van der Waals surface area contributed by atoms with Crippen molar-refractivity contribution in [1.82, 2.24) is 4.90 Å². The molecule has 0 saturated carbocycles. The van der Waals surface area contributed by atoms with E-state index < -0.39 is 15.4 Å². The normalized spacial score (nSPS) is 17.9. The second-order valence-corrected chi connectivity index (χ2v) is 7.73. The second kappa shape index (κ2) is 4.86. The summed E-state index contributed by atoms with van der Waals surface area (Å²) in [4.78, 5) is 13.9. The van der Waals surface area contributed by atoms with Crippen molar-refractivity contribution in [2.24, 2.45) is 5.92 Å². The lowest BCUT2D eigenvalue weighted by atomic mass is 9.82. The number of benzene rings is 1. The van der Waals surface area contributed by atoms with Crippen molar-refractivity contribution < 1.29 is 18.3 Å². The molecule has 5 nitrogen and oxygen atoms in total. The molecule has 110 valence electrons. The summed E-state index contributed by atoms with van der Waals surface area (Å²) in [5.41, 5.74) is -0.370. The van der Waals surface area contributed by atoms with E-state index in [1.165, 1.54) is 24.3 Å². The number of β-amino-alcohol motifs (C(OH)–C–C–N with tert-alkyl or cyclic N) is 1. The molecular weight excluding hydrogens is 278 g/mol. The van der Waals surface area contributed by atoms with Crippen LogP contribution in [0.2, 0.25) is 0 Å². The van der Waals surface area contributed by atoms with Crippen molar-refractivity contribution in [3.8, 4) is 0 Å². The third-order valence-electron chi connectivity index (χ3n) is 3.82. The summed E-state index contributed by atoms with van der Waals surface area (Å²) in [5, 5.41) is 10.1. The lowest BCUT2D eigenvalue weighted by Crippen LogP contribution is -2.65. The van der Waals surface area contributed by atoms with Gasteiger partial charge in [0.05, 0.1) is 18.0 Å². The van der Waals surface area contributed by atoms with Crippen LogP contribution in [0, 0.1) is 5.92 Å². The Morgan fingerprint density at radius 3 is 2.15 bits per heavy atom. The molecule has 6 heteroatoms. The van der Waals surface area contributed by atoms with Crippen molar-refractivity contribution in [1.29, 1.82) is 0 Å². The van der Waals surface area contributed by atoms with Gasteiger partial charge in [0.2, 0.25) is 0 Å². The summed E-state index contributed by atoms with van der Waals surface area (Å²) in [5.74, 6) is -0.0884. The molecule has 1 N–H and O–H groups in total. The summed E-state index contributed by atoms with van der Waals surface area (Å²) in [7, 11) is -3.25. The molecule has 0 atom stereocenters. The molecule has 1 aliphatic heterocycles. The maximum atomic E-state index is 12.2. The van der Waals surface area contributed by atoms with Crippen molar-refractivity contribution in [2.75, 3.05) is 19.3 Å². The Kier molecular flexibility index (Phi) is 3.64. The van der Waals surface area contributed by atoms with Gasteiger partial charge in [-0.25, -0.2) is 8.42 Å². The van der Waals surface area contributed by atoms with E-state index in [1.54, 1.807) is 4.90 Å². The van der Waals surface area contributed by atoms with Gasteiger partial charge in [-0.05, 0) is 30.2 Å². The number of carbonyl (C=O) groups is 1. The third kappa shape index (κ3) is 2.71. The van der Waals surface area contributed by atoms with Gasteiger partial charge in [-0.3, -0.25) is 4.79 Å². The van der Waals surface area contributed by atoms with Gasteiger partial charge in [-0.1, -0.05) is 13.8 Å². The minimum Gasteiger partial charge on any atom is -0.386 e. The van der Waals surface area contributed by atoms with E-state index in [4.69, 9.17) is 0 Å². The maximum absolute atomic E-state index is 12.2. The predicted molar refractivity (Wildman–Crippen MR) is 75.2 cm³/mol. The molecule has 2 rings (SSSR count). The third-order valence-corrected chi connectivity index (χ3v) is 4.95. The smallest absolute Gasteiger partial charge is 0.254 e. The lowest BCUT2D eigenvalue weighted by molar-refractivity contribution is -0.110. The Balaban J connectivity index is 2.09. The monoisotopic (exact) mass is 297 g/mol. The van der Waals surface area contributed by atoms with Crippen LogP contribution in [0.25, 0.3) is 0 Å². The average Bonchev–Trinajstić information content (AvgIpc) is 2.33. The van der Waals surface area contributed by atoms with Gasteiger partial charge in [-0.15, -0.1) is 0 Å². The number of amides is 1. The summed E-state index contributed by atoms with van der Waals surface area (Å²) in [6.45, 7) is 4.47. The first-order valence-corrected chi connectivity index (χ1v) is 8.34. The van der Waals surface area contributed by atoms with Gasteiger partial charge in [0.15, 0.2) is 9.84 Å². The molecule has 20 heavy (non-hydrogen) atoms. The van der Waals surface area contributed by atoms with Gasteiger partial charge in [-0.2, -0.15) is 0 Å². The quantitative estimate of drug-likeness (QED) is 0.901. The molecule has 1 saturated heterocycles. The zero-order chi connectivity index (χ0) is 15.1. The predicted octanol–water partition coefficient (Wildman–Crippen LogP) is 0.933. The second-order valence-electron chi connectivity index (χ2n) is 5.72. The number of aliphatic hydroxyl groups is 1. The largest absolute Gasteiger partial charge is 0.386 e. The highest BCUT2D eigenvalue weighted by molar-refractivity contribution is 7.90. The number of carbonyl (C=O) groups excluding carboxylic acids is 1. The Morgan fingerprint density at radius 1 is 1.25 bits per heavy atom. The fraction of sp³-hybridized carbons (Fsp3) is 0.500. The number of sulfone groups is 1. The first-order valence-electron chi connectivity index (χ1n) is 6.45. The molecule has 0 radical (unpaired) electrons. The Bertz CT molecular complexity index is 613. The fourth-order valence-corrected chi connectivity index (χ4v) is 2.78. The SMILES string of the molecule is CC(C)C1(O)CN(C(=O)c2ccc(S(C)(=O)=O)cc2)C1. The molecule has 0 bridgehead atoms. The molecule has 0 aliphatic carbocycles. The summed E-state index contributed by atoms with van der Waals surface area (Å²) in [6.07, 6.45) is 1.13. The van der Waals surface area contributed by atoms with Crippen LogP contribution in [0.1, 0.15) is 24.2 Å². The molecule has 1 amide bonds. The number of likely N-dealkylation sites (tertiary alicyclic amines) is 1. The average molecular weight is 297 g/mol. The standard InChI is InChI=1S/C14H19NO4S/c1-10(2)14(17)8-15(9-14)13(16)11-4-6-12(7-5-11)20(3,18)19/h4-7,10,17H,8-9H2,1-3H3. The highest BCUT2D eigenvalue weighted by Crippen LogP contribution is 2.29. The van der Waals surface area contributed by atoms with E-state index in [-0.39, 0.29) is 16.7 Å². The van der Waals surface area contributed by atoms with Crippen LogP contribution in [-0.4, -0.2) is 49.3 Å². The van der Waals surface area contributed by atoms with Crippen LogP contribution >= 0.6 is 0 Å². The van der Waals surface area contributed by atoms with Crippen molar-refractivity contribution in [2.45, 2.75) is 24.3 Å². The minimum absolute atomic E-state index is 0.0964. The summed E-state index contributed by atoms with van der Waals surface area (Å²) >= 11 is 0. The van der Waals surface area contributed by atoms with E-state index in [9.17, 15) is 18.3 Å². The molecule has 1 aliphatic rings. The van der Waals surface area contributed by atoms with Gasteiger partial charge >= 0.3 is 0 Å². The van der Waals surface area contributed by atoms with Gasteiger partial charge < -0.3 is 10.0 Å². The van der Waals surface area contributed by atoms with Crippen molar-refractivity contribution >= 4 is 15.7 Å². The van der Waals surface area contributed by atoms with Crippen LogP contribution in [-0.2, 0) is 9.84 Å². The molecule has 0 aromatic heterocycles. The zero-order valence-corrected chi connectivity index (χ0v) is 12.6. The van der Waals surface area contributed by atoms with Crippen LogP contribution in [0.3, 0.4) is 0 Å². The Morgan fingerprint density at radius 2 is 1.75 bits per heavy atom. The number of hydrogen-bond acceptors (Lipinski definition) is 4. The van der Waals surface area contributed by atoms with Crippen molar-refractivity contribution in [3.05, 3.63) is 29.8 Å². The van der Waals surface area contributed by atoms with E-state index in [0.717, 1.165) is 6.26 Å². The van der Waals surface area contributed by atoms with Gasteiger partial charge in [0, 0.05) is 11.8 Å². The van der Waals surface area contributed by atoms with Gasteiger partial charge in [0.25, 0.3) is 5.91 Å². The number of hydrogen-bond donors (Lipinski definition) is 1.